The van der Waals surface area contributed by atoms with Gasteiger partial charge in [0.2, 0.25) is 0 Å². The predicted octanol–water partition coefficient (Wildman–Crippen LogP) is 1.27. The lowest BCUT2D eigenvalue weighted by Crippen LogP contribution is -2.41. The van der Waals surface area contributed by atoms with Gasteiger partial charge in [-0.05, 0) is 38.2 Å². The first-order valence-electron chi connectivity index (χ1n) is 6.80. The Morgan fingerprint density at radius 3 is 2.95 bits per heavy atom. The molecule has 3 N–H and O–H groups in total. The van der Waals surface area contributed by atoms with Crippen LogP contribution in [0.4, 0.5) is 5.69 Å². The van der Waals surface area contributed by atoms with Gasteiger partial charge in [-0.25, -0.2) is 0 Å². The van der Waals surface area contributed by atoms with Crippen LogP contribution < -0.4 is 11.1 Å². The molecular weight excluding hydrogens is 242 g/mol. The first kappa shape index (κ1) is 12.4. The zero-order valence-corrected chi connectivity index (χ0v) is 11.1. The minimum Gasteiger partial charge on any atom is -0.398 e. The summed E-state index contributed by atoms with van der Waals surface area (Å²) in [5.74, 6) is 0.479. The van der Waals surface area contributed by atoms with E-state index in [1.54, 1.807) is 12.3 Å². The molecule has 1 saturated carbocycles. The second-order valence-corrected chi connectivity index (χ2v) is 5.45. The summed E-state index contributed by atoms with van der Waals surface area (Å²) in [6.45, 7) is 2.58. The van der Waals surface area contributed by atoms with E-state index >= 15 is 0 Å². The molecule has 1 amide bonds. The van der Waals surface area contributed by atoms with Gasteiger partial charge in [-0.15, -0.1) is 0 Å². The summed E-state index contributed by atoms with van der Waals surface area (Å²) >= 11 is 0. The predicted molar refractivity (Wildman–Crippen MR) is 71.7 cm³/mol. The minimum atomic E-state index is -0.147. The number of aryl methyl sites for hydroxylation is 1. The maximum Gasteiger partial charge on any atom is 0.255 e. The van der Waals surface area contributed by atoms with Crippen LogP contribution in [0.5, 0.6) is 0 Å². The fraction of sp³-hybridized carbons (Fsp3) is 0.571. The summed E-state index contributed by atoms with van der Waals surface area (Å²) in [6.07, 6.45) is 5.04. The van der Waals surface area contributed by atoms with E-state index in [1.807, 2.05) is 6.92 Å². The standard InChI is InChI=1S/C14H19N3O2/c1-8-6-11(15)10(7-16-8)14(18)17-12-4-5-19-13(12)9-2-3-9/h6-7,9,12-13H,2-5H2,1H3,(H2,15,16)(H,17,18). The summed E-state index contributed by atoms with van der Waals surface area (Å²) in [5.41, 5.74) is 7.61. The van der Waals surface area contributed by atoms with Crippen molar-refractivity contribution in [2.75, 3.05) is 12.3 Å². The van der Waals surface area contributed by atoms with Crippen LogP contribution in [0.3, 0.4) is 0 Å². The first-order chi connectivity index (χ1) is 9.15. The van der Waals surface area contributed by atoms with Crippen LogP contribution >= 0.6 is 0 Å². The Bertz CT molecular complexity index is 499. The van der Waals surface area contributed by atoms with Crippen molar-refractivity contribution in [3.8, 4) is 0 Å². The first-order valence-corrected chi connectivity index (χ1v) is 6.80. The third-order valence-corrected chi connectivity index (χ3v) is 3.86. The van der Waals surface area contributed by atoms with Gasteiger partial charge in [-0.3, -0.25) is 9.78 Å². The Balaban J connectivity index is 1.70. The molecule has 0 spiro atoms. The van der Waals surface area contributed by atoms with Gasteiger partial charge in [0, 0.05) is 24.2 Å². The highest BCUT2D eigenvalue weighted by molar-refractivity contribution is 5.99. The lowest BCUT2D eigenvalue weighted by Gasteiger charge is -2.19. The van der Waals surface area contributed by atoms with Gasteiger partial charge in [-0.1, -0.05) is 0 Å². The highest BCUT2D eigenvalue weighted by Gasteiger charge is 2.41. The maximum atomic E-state index is 12.2. The van der Waals surface area contributed by atoms with E-state index in [0.29, 0.717) is 17.2 Å². The number of nitrogens with zero attached hydrogens (tertiary/aromatic N) is 1. The van der Waals surface area contributed by atoms with Crippen LogP contribution in [0.15, 0.2) is 12.3 Å². The molecule has 1 aromatic heterocycles. The Morgan fingerprint density at radius 1 is 1.47 bits per heavy atom. The number of rotatable bonds is 3. The van der Waals surface area contributed by atoms with Gasteiger partial charge in [0.15, 0.2) is 0 Å². The Hall–Kier alpha value is -1.62. The van der Waals surface area contributed by atoms with E-state index in [-0.39, 0.29) is 18.1 Å². The van der Waals surface area contributed by atoms with Crippen LogP contribution in [0.1, 0.15) is 35.3 Å². The van der Waals surface area contributed by atoms with Crippen molar-refractivity contribution >= 4 is 11.6 Å². The number of aromatic nitrogens is 1. The molecule has 5 heteroatoms. The van der Waals surface area contributed by atoms with Crippen molar-refractivity contribution in [2.24, 2.45) is 5.92 Å². The number of amides is 1. The summed E-state index contributed by atoms with van der Waals surface area (Å²) in [5, 5.41) is 3.04. The molecule has 19 heavy (non-hydrogen) atoms. The van der Waals surface area contributed by atoms with Gasteiger partial charge in [0.1, 0.15) is 0 Å². The molecular formula is C14H19N3O2. The molecule has 1 saturated heterocycles. The van der Waals surface area contributed by atoms with E-state index in [1.165, 1.54) is 12.8 Å². The molecule has 1 aliphatic carbocycles. The van der Waals surface area contributed by atoms with E-state index < -0.39 is 0 Å². The van der Waals surface area contributed by atoms with Crippen LogP contribution in [-0.2, 0) is 4.74 Å². The highest BCUT2D eigenvalue weighted by Crippen LogP contribution is 2.38. The van der Waals surface area contributed by atoms with Gasteiger partial charge in [-0.2, -0.15) is 0 Å². The average molecular weight is 261 g/mol. The number of carbonyl (C=O) groups excluding carboxylic acids is 1. The zero-order chi connectivity index (χ0) is 13.4. The quantitative estimate of drug-likeness (QED) is 0.859. The number of ether oxygens (including phenoxy) is 1. The number of nitrogens with one attached hydrogen (secondary N) is 1. The van der Waals surface area contributed by atoms with Crippen molar-refractivity contribution in [3.63, 3.8) is 0 Å². The molecule has 2 fully saturated rings. The third kappa shape index (κ3) is 2.56. The van der Waals surface area contributed by atoms with Crippen molar-refractivity contribution in [1.82, 2.24) is 10.3 Å². The molecule has 0 aromatic carbocycles. The molecule has 5 nitrogen and oxygen atoms in total. The number of anilines is 1. The minimum absolute atomic E-state index is 0.112. The molecule has 0 radical (unpaired) electrons. The number of nitrogens with two attached hydrogens (primary N) is 1. The molecule has 2 aliphatic rings. The van der Waals surface area contributed by atoms with E-state index in [9.17, 15) is 4.79 Å². The summed E-state index contributed by atoms with van der Waals surface area (Å²) in [6, 6.07) is 1.83. The second-order valence-electron chi connectivity index (χ2n) is 5.45. The largest absolute Gasteiger partial charge is 0.398 e. The van der Waals surface area contributed by atoms with Gasteiger partial charge >= 0.3 is 0 Å². The van der Waals surface area contributed by atoms with E-state index in [0.717, 1.165) is 18.7 Å². The molecule has 0 bridgehead atoms. The van der Waals surface area contributed by atoms with E-state index in [2.05, 4.69) is 10.3 Å². The van der Waals surface area contributed by atoms with E-state index in [4.69, 9.17) is 10.5 Å². The Kier molecular flexibility index (Phi) is 3.14. The lowest BCUT2D eigenvalue weighted by atomic mass is 10.1. The number of hydrogen-bond donors (Lipinski definition) is 2. The summed E-state index contributed by atoms with van der Waals surface area (Å²) in [7, 11) is 0. The molecule has 2 atom stereocenters. The van der Waals surface area contributed by atoms with Crippen molar-refractivity contribution < 1.29 is 9.53 Å². The molecule has 3 rings (SSSR count). The molecule has 1 aromatic rings. The van der Waals surface area contributed by atoms with Crippen molar-refractivity contribution in [1.29, 1.82) is 0 Å². The summed E-state index contributed by atoms with van der Waals surface area (Å²) < 4.78 is 5.71. The Morgan fingerprint density at radius 2 is 2.26 bits per heavy atom. The lowest BCUT2D eigenvalue weighted by molar-refractivity contribution is 0.0730. The van der Waals surface area contributed by atoms with Crippen LogP contribution in [0, 0.1) is 12.8 Å². The average Bonchev–Trinajstić information content (AvgIpc) is 3.10. The molecule has 1 aliphatic heterocycles. The van der Waals surface area contributed by atoms with Crippen LogP contribution in [0.2, 0.25) is 0 Å². The normalized spacial score (nSPS) is 26.4. The van der Waals surface area contributed by atoms with Crippen LogP contribution in [0.25, 0.3) is 0 Å². The second kappa shape index (κ2) is 4.81. The molecule has 2 heterocycles. The third-order valence-electron chi connectivity index (χ3n) is 3.86. The maximum absolute atomic E-state index is 12.2. The number of pyridine rings is 1. The number of carbonyl (C=O) groups is 1. The SMILES string of the molecule is Cc1cc(N)c(C(=O)NC2CCOC2C2CC2)cn1. The van der Waals surface area contributed by atoms with Gasteiger partial charge < -0.3 is 15.8 Å². The van der Waals surface area contributed by atoms with Gasteiger partial charge in [0.05, 0.1) is 17.7 Å². The zero-order valence-electron chi connectivity index (χ0n) is 11.1. The number of nitrogen functional groups attached to an aromatic ring is 1. The van der Waals surface area contributed by atoms with Crippen molar-refractivity contribution in [3.05, 3.63) is 23.5 Å². The fourth-order valence-electron chi connectivity index (χ4n) is 2.67. The summed E-state index contributed by atoms with van der Waals surface area (Å²) in [4.78, 5) is 16.4. The monoisotopic (exact) mass is 261 g/mol. The molecule has 2 unspecified atom stereocenters. The smallest absolute Gasteiger partial charge is 0.255 e. The topological polar surface area (TPSA) is 77.2 Å². The van der Waals surface area contributed by atoms with Crippen LogP contribution in [-0.4, -0.2) is 29.6 Å². The van der Waals surface area contributed by atoms with Gasteiger partial charge in [0.25, 0.3) is 5.91 Å². The fourth-order valence-corrected chi connectivity index (χ4v) is 2.67. The Labute approximate surface area is 112 Å². The van der Waals surface area contributed by atoms with Crippen molar-refractivity contribution in [2.45, 2.75) is 38.3 Å². The molecule has 102 valence electrons. The highest BCUT2D eigenvalue weighted by atomic mass is 16.5. The number of hydrogen-bond acceptors (Lipinski definition) is 4.